The Morgan fingerprint density at radius 3 is 2.70 bits per heavy atom. The molecule has 1 heterocycles. The van der Waals surface area contributed by atoms with Crippen LogP contribution in [0.2, 0.25) is 0 Å². The van der Waals surface area contributed by atoms with Crippen molar-refractivity contribution < 1.29 is 22.7 Å². The highest BCUT2D eigenvalue weighted by Crippen LogP contribution is 2.28. The number of hydrogen-bond donors (Lipinski definition) is 1. The van der Waals surface area contributed by atoms with Gasteiger partial charge in [0.1, 0.15) is 11.6 Å². The fourth-order valence-corrected chi connectivity index (χ4v) is 3.19. The van der Waals surface area contributed by atoms with E-state index < -0.39 is 17.5 Å². The van der Waals surface area contributed by atoms with E-state index >= 15 is 0 Å². The molecule has 140 valence electrons. The van der Waals surface area contributed by atoms with Crippen LogP contribution in [0.1, 0.15) is 12.0 Å². The number of ether oxygens (including phenoxy) is 1. The summed E-state index contributed by atoms with van der Waals surface area (Å²) in [6.07, 6.45) is 0.0454. The summed E-state index contributed by atoms with van der Waals surface area (Å²) in [4.78, 5) is 16.3. The lowest BCUT2D eigenvalue weighted by Crippen LogP contribution is -2.12. The summed E-state index contributed by atoms with van der Waals surface area (Å²) in [5.74, 6) is -1.86. The van der Waals surface area contributed by atoms with E-state index in [1.165, 1.54) is 30.6 Å². The van der Waals surface area contributed by atoms with Gasteiger partial charge in [0.05, 0.1) is 12.8 Å². The number of carbonyl (C=O) groups is 1. The van der Waals surface area contributed by atoms with E-state index in [2.05, 4.69) is 10.3 Å². The molecule has 0 saturated carbocycles. The third kappa shape index (κ3) is 4.65. The summed E-state index contributed by atoms with van der Waals surface area (Å²) < 4.78 is 45.4. The summed E-state index contributed by atoms with van der Waals surface area (Å²) in [6.45, 7) is 0. The highest BCUT2D eigenvalue weighted by atomic mass is 32.1. The first-order valence-electron chi connectivity index (χ1n) is 7.99. The zero-order chi connectivity index (χ0) is 19.4. The van der Waals surface area contributed by atoms with E-state index in [0.29, 0.717) is 16.4 Å². The molecular weight excluding hydrogens is 377 g/mol. The SMILES string of the molecule is COc1ccc(-c2csc(NC(=O)CCc3cc(F)ccc3F)n2)cc1F. The molecule has 8 heteroatoms. The first kappa shape index (κ1) is 18.9. The topological polar surface area (TPSA) is 51.2 Å². The first-order valence-corrected chi connectivity index (χ1v) is 8.87. The Kier molecular flexibility index (Phi) is 5.75. The molecule has 1 aromatic heterocycles. The van der Waals surface area contributed by atoms with Crippen molar-refractivity contribution in [1.82, 2.24) is 4.98 Å². The van der Waals surface area contributed by atoms with Gasteiger partial charge in [0, 0.05) is 17.4 Å². The molecule has 3 aromatic rings. The monoisotopic (exact) mass is 392 g/mol. The van der Waals surface area contributed by atoms with Gasteiger partial charge in [0.2, 0.25) is 5.91 Å². The summed E-state index contributed by atoms with van der Waals surface area (Å²) in [7, 11) is 1.38. The van der Waals surface area contributed by atoms with E-state index in [1.807, 2.05) is 0 Å². The minimum absolute atomic E-state index is 0.0214. The van der Waals surface area contributed by atoms with Crippen molar-refractivity contribution in [3.63, 3.8) is 0 Å². The third-order valence-corrected chi connectivity index (χ3v) is 4.58. The molecule has 4 nitrogen and oxygen atoms in total. The highest BCUT2D eigenvalue weighted by molar-refractivity contribution is 7.14. The number of nitrogens with zero attached hydrogens (tertiary/aromatic N) is 1. The zero-order valence-corrected chi connectivity index (χ0v) is 15.1. The van der Waals surface area contributed by atoms with Crippen molar-refractivity contribution in [2.24, 2.45) is 0 Å². The molecule has 0 fully saturated rings. The van der Waals surface area contributed by atoms with Gasteiger partial charge in [0.25, 0.3) is 0 Å². The molecule has 1 N–H and O–H groups in total. The van der Waals surface area contributed by atoms with Gasteiger partial charge in [-0.25, -0.2) is 18.2 Å². The third-order valence-electron chi connectivity index (χ3n) is 3.83. The lowest BCUT2D eigenvalue weighted by Gasteiger charge is -2.04. The van der Waals surface area contributed by atoms with Crippen molar-refractivity contribution in [3.05, 3.63) is 64.8 Å². The number of aryl methyl sites for hydroxylation is 1. The molecule has 0 aliphatic rings. The van der Waals surface area contributed by atoms with Crippen LogP contribution in [0.4, 0.5) is 18.3 Å². The minimum atomic E-state index is -0.553. The number of nitrogens with one attached hydrogen (secondary N) is 1. The Labute approximate surface area is 157 Å². The van der Waals surface area contributed by atoms with Crippen molar-refractivity contribution in [1.29, 1.82) is 0 Å². The second-order valence-corrected chi connectivity index (χ2v) is 6.53. The van der Waals surface area contributed by atoms with Crippen LogP contribution in [0, 0.1) is 17.5 Å². The molecule has 0 bridgehead atoms. The van der Waals surface area contributed by atoms with E-state index in [-0.39, 0.29) is 30.1 Å². The molecule has 0 saturated heterocycles. The normalized spacial score (nSPS) is 10.7. The summed E-state index contributed by atoms with van der Waals surface area (Å²) in [5.41, 5.74) is 1.19. The predicted molar refractivity (Wildman–Crippen MR) is 97.4 cm³/mol. The molecule has 27 heavy (non-hydrogen) atoms. The summed E-state index contributed by atoms with van der Waals surface area (Å²) in [5, 5.41) is 4.63. The van der Waals surface area contributed by atoms with E-state index in [1.54, 1.807) is 11.4 Å². The fraction of sp³-hybridized carbons (Fsp3) is 0.158. The number of thiazole rings is 1. The molecule has 0 spiro atoms. The van der Waals surface area contributed by atoms with Gasteiger partial charge in [-0.15, -0.1) is 11.3 Å². The maximum absolute atomic E-state index is 13.8. The Balaban J connectivity index is 1.62. The van der Waals surface area contributed by atoms with Gasteiger partial charge in [-0.05, 0) is 48.4 Å². The molecule has 1 amide bonds. The largest absolute Gasteiger partial charge is 0.494 e. The Hall–Kier alpha value is -2.87. The Morgan fingerprint density at radius 1 is 1.15 bits per heavy atom. The first-order chi connectivity index (χ1) is 13.0. The molecule has 0 radical (unpaired) electrons. The molecule has 3 rings (SSSR count). The van der Waals surface area contributed by atoms with Crippen LogP contribution in [-0.2, 0) is 11.2 Å². The van der Waals surface area contributed by atoms with Crippen LogP contribution < -0.4 is 10.1 Å². The van der Waals surface area contributed by atoms with Crippen LogP contribution in [0.15, 0.2) is 41.8 Å². The zero-order valence-electron chi connectivity index (χ0n) is 14.3. The van der Waals surface area contributed by atoms with Crippen molar-refractivity contribution in [2.75, 3.05) is 12.4 Å². The number of amides is 1. The van der Waals surface area contributed by atoms with Crippen molar-refractivity contribution in [2.45, 2.75) is 12.8 Å². The molecule has 0 unspecified atom stereocenters. The average Bonchev–Trinajstić information content (AvgIpc) is 3.11. The van der Waals surface area contributed by atoms with Crippen LogP contribution in [0.25, 0.3) is 11.3 Å². The van der Waals surface area contributed by atoms with Crippen molar-refractivity contribution in [3.8, 4) is 17.0 Å². The van der Waals surface area contributed by atoms with Crippen LogP contribution >= 0.6 is 11.3 Å². The van der Waals surface area contributed by atoms with Crippen LogP contribution in [0.3, 0.4) is 0 Å². The smallest absolute Gasteiger partial charge is 0.226 e. The van der Waals surface area contributed by atoms with E-state index in [4.69, 9.17) is 4.74 Å². The highest BCUT2D eigenvalue weighted by Gasteiger charge is 2.12. The lowest BCUT2D eigenvalue weighted by atomic mass is 10.1. The molecule has 0 aliphatic carbocycles. The standard InChI is InChI=1S/C19H15F3N2O2S/c1-26-17-6-2-12(9-15(17)22)16-10-27-19(23-16)24-18(25)7-3-11-8-13(20)4-5-14(11)21/h2,4-6,8-10H,3,7H2,1H3,(H,23,24,25). The maximum atomic E-state index is 13.8. The number of halogens is 3. The number of hydrogen-bond acceptors (Lipinski definition) is 4. The number of carbonyl (C=O) groups excluding carboxylic acids is 1. The van der Waals surface area contributed by atoms with Gasteiger partial charge in [-0.3, -0.25) is 4.79 Å². The predicted octanol–water partition coefficient (Wildman–Crippen LogP) is 4.81. The second kappa shape index (κ2) is 8.22. The fourth-order valence-electron chi connectivity index (χ4n) is 2.45. The van der Waals surface area contributed by atoms with Gasteiger partial charge < -0.3 is 10.1 Å². The van der Waals surface area contributed by atoms with Gasteiger partial charge in [0.15, 0.2) is 16.7 Å². The number of methoxy groups -OCH3 is 1. The second-order valence-electron chi connectivity index (χ2n) is 5.67. The Bertz CT molecular complexity index is 975. The van der Waals surface area contributed by atoms with Gasteiger partial charge in [-0.2, -0.15) is 0 Å². The van der Waals surface area contributed by atoms with Gasteiger partial charge >= 0.3 is 0 Å². The van der Waals surface area contributed by atoms with Crippen LogP contribution in [0.5, 0.6) is 5.75 Å². The number of rotatable bonds is 6. The summed E-state index contributed by atoms with van der Waals surface area (Å²) in [6, 6.07) is 7.58. The van der Waals surface area contributed by atoms with Crippen molar-refractivity contribution >= 4 is 22.4 Å². The molecule has 0 atom stereocenters. The van der Waals surface area contributed by atoms with E-state index in [0.717, 1.165) is 18.2 Å². The molecular formula is C19H15F3N2O2S. The van der Waals surface area contributed by atoms with Crippen LogP contribution in [-0.4, -0.2) is 18.0 Å². The van der Waals surface area contributed by atoms with Gasteiger partial charge in [-0.1, -0.05) is 0 Å². The minimum Gasteiger partial charge on any atom is -0.494 e. The number of aromatic nitrogens is 1. The van der Waals surface area contributed by atoms with E-state index in [9.17, 15) is 18.0 Å². The number of anilines is 1. The Morgan fingerprint density at radius 2 is 1.96 bits per heavy atom. The molecule has 2 aromatic carbocycles. The number of benzene rings is 2. The maximum Gasteiger partial charge on any atom is 0.226 e. The summed E-state index contributed by atoms with van der Waals surface area (Å²) >= 11 is 1.18. The lowest BCUT2D eigenvalue weighted by molar-refractivity contribution is -0.116. The quantitative estimate of drug-likeness (QED) is 0.655. The average molecular weight is 392 g/mol. The molecule has 0 aliphatic heterocycles.